The molecule has 3 aromatic rings. The predicted molar refractivity (Wildman–Crippen MR) is 128 cm³/mol. The van der Waals surface area contributed by atoms with Gasteiger partial charge >= 0.3 is 0 Å². The van der Waals surface area contributed by atoms with Gasteiger partial charge in [0.2, 0.25) is 0 Å². The molecule has 2 aliphatic rings. The Labute approximate surface area is 200 Å². The van der Waals surface area contributed by atoms with E-state index in [1.54, 1.807) is 13.0 Å². The maximum atomic E-state index is 13.9. The van der Waals surface area contributed by atoms with E-state index in [1.807, 2.05) is 19.1 Å². The molecule has 1 aromatic heterocycles. The molecular formula is C26H23N3O6. The number of aromatic nitrogens is 2. The summed E-state index contributed by atoms with van der Waals surface area (Å²) in [6.45, 7) is 7.69. The topological polar surface area (TPSA) is 142 Å². The van der Waals surface area contributed by atoms with Gasteiger partial charge in [-0.3, -0.25) is 14.4 Å². The SMILES string of the molecule is CC(=O)c1c(O)c(C)c(O)c2c1OC1=CC(=O)/C(=C(/C)Nc3ccc4nc(C)[nH]c4c3)C(=O)[C@@]12C. The summed E-state index contributed by atoms with van der Waals surface area (Å²) in [6.07, 6.45) is 1.19. The largest absolute Gasteiger partial charge is 0.507 e. The van der Waals surface area contributed by atoms with Crippen molar-refractivity contribution in [3.05, 3.63) is 63.8 Å². The number of anilines is 1. The van der Waals surface area contributed by atoms with E-state index < -0.39 is 28.5 Å². The van der Waals surface area contributed by atoms with Gasteiger partial charge in [0.1, 0.15) is 39.8 Å². The van der Waals surface area contributed by atoms with Crippen LogP contribution in [0.3, 0.4) is 0 Å². The summed E-state index contributed by atoms with van der Waals surface area (Å²) in [5, 5.41) is 24.5. The third kappa shape index (κ3) is 3.01. The summed E-state index contributed by atoms with van der Waals surface area (Å²) in [5.74, 6) is -1.78. The Bertz CT molecular complexity index is 1580. The molecule has 9 heteroatoms. The molecule has 35 heavy (non-hydrogen) atoms. The summed E-state index contributed by atoms with van der Waals surface area (Å²) < 4.78 is 5.79. The van der Waals surface area contributed by atoms with Crippen LogP contribution in [0.15, 0.2) is 41.3 Å². The zero-order valence-electron chi connectivity index (χ0n) is 19.8. The number of phenols is 2. The second-order valence-electron chi connectivity index (χ2n) is 9.07. The van der Waals surface area contributed by atoms with E-state index in [-0.39, 0.29) is 39.5 Å². The van der Waals surface area contributed by atoms with Crippen LogP contribution in [-0.4, -0.2) is 37.5 Å². The van der Waals surface area contributed by atoms with Crippen LogP contribution in [0.4, 0.5) is 5.69 Å². The van der Waals surface area contributed by atoms with E-state index >= 15 is 0 Å². The third-order valence-electron chi connectivity index (χ3n) is 6.69. The average Bonchev–Trinajstić information content (AvgIpc) is 3.28. The van der Waals surface area contributed by atoms with Crippen molar-refractivity contribution in [3.63, 3.8) is 0 Å². The number of ether oxygens (including phenoxy) is 1. The number of allylic oxidation sites excluding steroid dienone is 4. The summed E-state index contributed by atoms with van der Waals surface area (Å²) in [5.41, 5.74) is 0.876. The second kappa shape index (κ2) is 7.30. The first-order valence-corrected chi connectivity index (χ1v) is 11.0. The van der Waals surface area contributed by atoms with Crippen molar-refractivity contribution in [3.8, 4) is 17.2 Å². The fourth-order valence-corrected chi connectivity index (χ4v) is 4.86. The molecule has 0 unspecified atom stereocenters. The van der Waals surface area contributed by atoms with Crippen molar-refractivity contribution in [2.45, 2.75) is 40.0 Å². The molecule has 1 atom stereocenters. The molecule has 0 saturated heterocycles. The Kier molecular flexibility index (Phi) is 4.67. The van der Waals surface area contributed by atoms with E-state index in [2.05, 4.69) is 15.3 Å². The first-order valence-electron chi connectivity index (χ1n) is 11.0. The molecule has 2 heterocycles. The van der Waals surface area contributed by atoms with Crippen LogP contribution in [0.5, 0.6) is 17.2 Å². The van der Waals surface area contributed by atoms with E-state index in [9.17, 15) is 24.6 Å². The summed E-state index contributed by atoms with van der Waals surface area (Å²) in [4.78, 5) is 46.7. The number of benzene rings is 2. The number of carbonyl (C=O) groups excluding carboxylic acids is 3. The number of H-pyrrole nitrogens is 1. The molecule has 0 fully saturated rings. The van der Waals surface area contributed by atoms with Gasteiger partial charge in [0.05, 0.1) is 22.2 Å². The van der Waals surface area contributed by atoms with Gasteiger partial charge in [0.25, 0.3) is 0 Å². The molecule has 0 spiro atoms. The number of fused-ring (bicyclic) bond motifs is 4. The number of aryl methyl sites for hydroxylation is 1. The Morgan fingerprint density at radius 1 is 1.14 bits per heavy atom. The summed E-state index contributed by atoms with van der Waals surface area (Å²) in [7, 11) is 0. The molecule has 0 bridgehead atoms. The number of imidazole rings is 1. The van der Waals surface area contributed by atoms with Gasteiger partial charge in [-0.05, 0) is 52.8 Å². The fraction of sp³-hybridized carbons (Fsp3) is 0.231. The number of phenolic OH excluding ortho intramolecular Hbond substituents is 2. The number of carbonyl (C=O) groups is 3. The van der Waals surface area contributed by atoms with Crippen molar-refractivity contribution < 1.29 is 29.3 Å². The van der Waals surface area contributed by atoms with Crippen LogP contribution < -0.4 is 10.1 Å². The van der Waals surface area contributed by atoms with Crippen molar-refractivity contribution in [1.82, 2.24) is 9.97 Å². The third-order valence-corrected chi connectivity index (χ3v) is 6.69. The van der Waals surface area contributed by atoms with Crippen molar-refractivity contribution in [1.29, 1.82) is 0 Å². The molecule has 178 valence electrons. The maximum Gasteiger partial charge on any atom is 0.194 e. The predicted octanol–water partition coefficient (Wildman–Crippen LogP) is 3.87. The highest BCUT2D eigenvalue weighted by Gasteiger charge is 2.56. The Balaban J connectivity index is 1.65. The van der Waals surface area contributed by atoms with Gasteiger partial charge < -0.3 is 25.3 Å². The first-order chi connectivity index (χ1) is 16.4. The van der Waals surface area contributed by atoms with Crippen LogP contribution in [-0.2, 0) is 15.0 Å². The normalized spacial score (nSPS) is 20.3. The van der Waals surface area contributed by atoms with Crippen molar-refractivity contribution in [2.24, 2.45) is 0 Å². The summed E-state index contributed by atoms with van der Waals surface area (Å²) in [6, 6.07) is 5.43. The van der Waals surface area contributed by atoms with E-state index in [0.29, 0.717) is 11.4 Å². The monoisotopic (exact) mass is 473 g/mol. The van der Waals surface area contributed by atoms with Gasteiger partial charge in [-0.1, -0.05) is 0 Å². The molecule has 4 N–H and O–H groups in total. The molecule has 0 amide bonds. The lowest BCUT2D eigenvalue weighted by Gasteiger charge is -2.29. The van der Waals surface area contributed by atoms with E-state index in [4.69, 9.17) is 4.74 Å². The highest BCUT2D eigenvalue weighted by molar-refractivity contribution is 6.31. The number of ketones is 3. The lowest BCUT2D eigenvalue weighted by molar-refractivity contribution is -0.123. The highest BCUT2D eigenvalue weighted by atomic mass is 16.5. The number of Topliss-reactive ketones (excluding diaryl/α,β-unsaturated/α-hetero) is 2. The van der Waals surface area contributed by atoms with Crippen LogP contribution >= 0.6 is 0 Å². The lowest BCUT2D eigenvalue weighted by atomic mass is 9.70. The van der Waals surface area contributed by atoms with Crippen LogP contribution in [0.2, 0.25) is 0 Å². The number of aromatic amines is 1. The van der Waals surface area contributed by atoms with E-state index in [0.717, 1.165) is 16.9 Å². The van der Waals surface area contributed by atoms with Crippen molar-refractivity contribution in [2.75, 3.05) is 5.32 Å². The molecule has 9 nitrogen and oxygen atoms in total. The number of nitrogens with one attached hydrogen (secondary N) is 2. The molecule has 5 rings (SSSR count). The minimum Gasteiger partial charge on any atom is -0.507 e. The second-order valence-corrected chi connectivity index (χ2v) is 9.07. The summed E-state index contributed by atoms with van der Waals surface area (Å²) >= 11 is 0. The number of rotatable bonds is 3. The smallest absolute Gasteiger partial charge is 0.194 e. The highest BCUT2D eigenvalue weighted by Crippen LogP contribution is 2.57. The van der Waals surface area contributed by atoms with Gasteiger partial charge in [-0.15, -0.1) is 0 Å². The maximum absolute atomic E-state index is 13.9. The molecule has 2 aromatic carbocycles. The molecule has 1 aliphatic carbocycles. The standard InChI is InChI=1S/C26H23N3O6/c1-10-22(32)20(12(3)30)24-21(23(10)33)26(5)18(35-24)9-17(31)19(25(26)34)11(2)27-14-6-7-15-16(8-14)29-13(4)28-15/h6-9,27,32-33H,1-5H3,(H,28,29)/b19-11+/t26-/m0/s1. The van der Waals surface area contributed by atoms with Crippen LogP contribution in [0.1, 0.15) is 48.1 Å². The lowest BCUT2D eigenvalue weighted by Crippen LogP contribution is -2.40. The minimum atomic E-state index is -1.56. The molecule has 0 radical (unpaired) electrons. The van der Waals surface area contributed by atoms with Gasteiger partial charge in [-0.2, -0.15) is 0 Å². The fourth-order valence-electron chi connectivity index (χ4n) is 4.86. The quantitative estimate of drug-likeness (QED) is 0.255. The number of aromatic hydroxyl groups is 2. The minimum absolute atomic E-state index is 0.00351. The number of hydrogen-bond donors (Lipinski definition) is 4. The zero-order valence-corrected chi connectivity index (χ0v) is 19.8. The molecule has 1 aliphatic heterocycles. The number of hydrogen-bond acceptors (Lipinski definition) is 8. The van der Waals surface area contributed by atoms with Gasteiger partial charge in [-0.25, -0.2) is 4.98 Å². The number of nitrogens with zero attached hydrogens (tertiary/aromatic N) is 1. The van der Waals surface area contributed by atoms with E-state index in [1.165, 1.54) is 26.8 Å². The molecule has 0 saturated carbocycles. The molecular weight excluding hydrogens is 450 g/mol. The Morgan fingerprint density at radius 2 is 1.86 bits per heavy atom. The van der Waals surface area contributed by atoms with Gasteiger partial charge in [0.15, 0.2) is 17.3 Å². The van der Waals surface area contributed by atoms with Crippen molar-refractivity contribution >= 4 is 34.1 Å². The Hall–Kier alpha value is -4.40. The zero-order chi connectivity index (χ0) is 25.4. The van der Waals surface area contributed by atoms with Crippen LogP contribution in [0, 0.1) is 13.8 Å². The Morgan fingerprint density at radius 3 is 2.54 bits per heavy atom. The first kappa shape index (κ1) is 22.4. The average molecular weight is 473 g/mol. The van der Waals surface area contributed by atoms with Gasteiger partial charge in [0, 0.05) is 23.0 Å². The van der Waals surface area contributed by atoms with Crippen LogP contribution in [0.25, 0.3) is 11.0 Å².